The molecule has 0 heterocycles. The van der Waals surface area contributed by atoms with Crippen LogP contribution in [0.2, 0.25) is 0 Å². The van der Waals surface area contributed by atoms with Gasteiger partial charge in [-0.05, 0) is 42.8 Å². The van der Waals surface area contributed by atoms with Crippen molar-refractivity contribution < 1.29 is 9.13 Å². The number of halogens is 1. The molecular weight excluding hydrogens is 267 g/mol. The molecule has 18 heavy (non-hydrogen) atoms. The zero-order chi connectivity index (χ0) is 13.5. The highest BCUT2D eigenvalue weighted by atomic mass is 32.2. The van der Waals surface area contributed by atoms with Gasteiger partial charge < -0.3 is 4.74 Å². The van der Waals surface area contributed by atoms with Crippen LogP contribution in [0.15, 0.2) is 24.3 Å². The van der Waals surface area contributed by atoms with Crippen LogP contribution in [0.5, 0.6) is 0 Å². The number of hydrogen-bond donors (Lipinski definition) is 0. The maximum Gasteiger partial charge on any atom is 0.220 e. The van der Waals surface area contributed by atoms with E-state index >= 15 is 0 Å². The number of benzene rings is 1. The zero-order valence-electron chi connectivity index (χ0n) is 11.0. The number of hydrogen-bond acceptors (Lipinski definition) is 3. The Balaban J connectivity index is 2.37. The Labute approximate surface area is 118 Å². The fourth-order valence-electron chi connectivity index (χ4n) is 1.47. The predicted octanol–water partition coefficient (Wildman–Crippen LogP) is 4.45. The van der Waals surface area contributed by atoms with Crippen LogP contribution in [-0.4, -0.2) is 16.2 Å². The van der Waals surface area contributed by atoms with Crippen molar-refractivity contribution in [2.45, 2.75) is 33.3 Å². The number of ether oxygens (including phenoxy) is 1. The first-order valence-corrected chi connectivity index (χ1v) is 7.44. The van der Waals surface area contributed by atoms with Gasteiger partial charge >= 0.3 is 0 Å². The summed E-state index contributed by atoms with van der Waals surface area (Å²) in [6.45, 7) is 6.24. The van der Waals surface area contributed by atoms with Gasteiger partial charge in [-0.15, -0.1) is 0 Å². The van der Waals surface area contributed by atoms with Gasteiger partial charge in [0, 0.05) is 12.2 Å². The summed E-state index contributed by atoms with van der Waals surface area (Å²) in [5.74, 6) is 1.34. The van der Waals surface area contributed by atoms with Crippen LogP contribution in [0.25, 0.3) is 0 Å². The minimum Gasteiger partial charge on any atom is -0.475 e. The first kappa shape index (κ1) is 15.4. The van der Waals surface area contributed by atoms with Crippen molar-refractivity contribution in [2.24, 2.45) is 5.92 Å². The molecule has 0 aliphatic rings. The van der Waals surface area contributed by atoms with E-state index in [1.54, 1.807) is 17.8 Å². The van der Waals surface area contributed by atoms with Crippen LogP contribution in [0, 0.1) is 11.7 Å². The summed E-state index contributed by atoms with van der Waals surface area (Å²) < 4.78 is 19.2. The van der Waals surface area contributed by atoms with Gasteiger partial charge in [-0.1, -0.05) is 37.7 Å². The topological polar surface area (TPSA) is 9.23 Å². The lowest BCUT2D eigenvalue weighted by atomic mass is 10.1. The average Bonchev–Trinajstić information content (AvgIpc) is 2.26. The number of thiocarbonyl (C=S) groups is 1. The number of thioether (sulfide) groups is 1. The third-order valence-electron chi connectivity index (χ3n) is 2.24. The Morgan fingerprint density at radius 1 is 1.39 bits per heavy atom. The van der Waals surface area contributed by atoms with Crippen molar-refractivity contribution >= 4 is 28.4 Å². The van der Waals surface area contributed by atoms with Crippen molar-refractivity contribution in [2.75, 3.05) is 5.75 Å². The summed E-state index contributed by atoms with van der Waals surface area (Å²) in [5, 5.41) is 0. The van der Waals surface area contributed by atoms with Gasteiger partial charge in [0.2, 0.25) is 4.38 Å². The molecule has 0 aromatic heterocycles. The van der Waals surface area contributed by atoms with Gasteiger partial charge in [-0.3, -0.25) is 0 Å². The van der Waals surface area contributed by atoms with Crippen molar-refractivity contribution in [3.05, 3.63) is 35.6 Å². The molecule has 100 valence electrons. The molecule has 0 saturated carbocycles. The van der Waals surface area contributed by atoms with Gasteiger partial charge in [0.15, 0.2) is 0 Å². The average molecular weight is 286 g/mol. The molecule has 1 nitrogen and oxygen atoms in total. The Bertz CT molecular complexity index is 393. The second-order valence-electron chi connectivity index (χ2n) is 4.72. The minimum absolute atomic E-state index is 0.0287. The lowest BCUT2D eigenvalue weighted by molar-refractivity contribution is 0.222. The van der Waals surface area contributed by atoms with Crippen LogP contribution in [0.3, 0.4) is 0 Å². The molecule has 4 heteroatoms. The monoisotopic (exact) mass is 286 g/mol. The summed E-state index contributed by atoms with van der Waals surface area (Å²) in [7, 11) is 0. The summed E-state index contributed by atoms with van der Waals surface area (Å²) >= 11 is 6.72. The van der Waals surface area contributed by atoms with Gasteiger partial charge in [0.25, 0.3) is 0 Å². The van der Waals surface area contributed by atoms with Crippen molar-refractivity contribution in [3.63, 3.8) is 0 Å². The lowest BCUT2D eigenvalue weighted by Gasteiger charge is -2.15. The molecule has 0 bridgehead atoms. The van der Waals surface area contributed by atoms with Crippen LogP contribution in [0.1, 0.15) is 26.3 Å². The van der Waals surface area contributed by atoms with E-state index < -0.39 is 0 Å². The van der Waals surface area contributed by atoms with E-state index in [0.717, 1.165) is 11.3 Å². The van der Waals surface area contributed by atoms with Crippen LogP contribution in [-0.2, 0) is 11.2 Å². The highest BCUT2D eigenvalue weighted by molar-refractivity contribution is 8.22. The van der Waals surface area contributed by atoms with E-state index in [1.165, 1.54) is 12.1 Å². The Morgan fingerprint density at radius 2 is 2.11 bits per heavy atom. The smallest absolute Gasteiger partial charge is 0.220 e. The second kappa shape index (κ2) is 7.74. The van der Waals surface area contributed by atoms with Crippen molar-refractivity contribution in [1.82, 2.24) is 0 Å². The summed E-state index contributed by atoms with van der Waals surface area (Å²) in [5.41, 5.74) is 0.930. The van der Waals surface area contributed by atoms with E-state index in [0.29, 0.717) is 16.7 Å². The molecule has 0 aliphatic heterocycles. The highest BCUT2D eigenvalue weighted by Crippen LogP contribution is 2.15. The lowest BCUT2D eigenvalue weighted by Crippen LogP contribution is -2.15. The molecule has 1 aromatic rings. The van der Waals surface area contributed by atoms with Crippen molar-refractivity contribution in [3.8, 4) is 0 Å². The summed E-state index contributed by atoms with van der Waals surface area (Å²) in [4.78, 5) is 0. The molecule has 0 spiro atoms. The third kappa shape index (κ3) is 6.36. The quantitative estimate of drug-likeness (QED) is 0.740. The van der Waals surface area contributed by atoms with Gasteiger partial charge in [0.1, 0.15) is 11.9 Å². The fourth-order valence-corrected chi connectivity index (χ4v) is 2.54. The van der Waals surface area contributed by atoms with Gasteiger partial charge in [0.05, 0.1) is 0 Å². The Morgan fingerprint density at radius 3 is 2.72 bits per heavy atom. The normalized spacial score (nSPS) is 12.5. The van der Waals surface area contributed by atoms with Crippen LogP contribution >= 0.6 is 24.0 Å². The van der Waals surface area contributed by atoms with E-state index in [9.17, 15) is 4.39 Å². The molecular formula is C14H19FOS2. The number of rotatable bonds is 5. The Hall–Kier alpha value is -0.610. The largest absolute Gasteiger partial charge is 0.475 e. The van der Waals surface area contributed by atoms with E-state index in [4.69, 9.17) is 17.0 Å². The molecule has 1 aromatic carbocycles. The first-order valence-electron chi connectivity index (χ1n) is 6.05. The molecule has 0 fully saturated rings. The van der Waals surface area contributed by atoms with Crippen molar-refractivity contribution in [1.29, 1.82) is 0 Å². The predicted molar refractivity (Wildman–Crippen MR) is 80.5 cm³/mol. The van der Waals surface area contributed by atoms with Gasteiger partial charge in [-0.2, -0.15) is 0 Å². The van der Waals surface area contributed by atoms with E-state index in [1.807, 2.05) is 13.0 Å². The maximum absolute atomic E-state index is 13.0. The molecule has 0 saturated heterocycles. The maximum atomic E-state index is 13.0. The molecule has 0 aliphatic carbocycles. The van der Waals surface area contributed by atoms with E-state index in [2.05, 4.69) is 13.8 Å². The third-order valence-corrected chi connectivity index (χ3v) is 3.86. The second-order valence-corrected chi connectivity index (χ2v) is 6.34. The molecule has 0 amide bonds. The SMILES string of the molecule is CC(C)CSC(=S)OC(C)Cc1cccc(F)c1. The first-order chi connectivity index (χ1) is 8.47. The van der Waals surface area contributed by atoms with Crippen LogP contribution < -0.4 is 0 Å². The fraction of sp³-hybridized carbons (Fsp3) is 0.500. The minimum atomic E-state index is -0.212. The standard InChI is InChI=1S/C14H19FOS2/c1-10(2)9-18-14(17)16-11(3)7-12-5-4-6-13(15)8-12/h4-6,8,10-11H,7,9H2,1-3H3. The molecule has 0 radical (unpaired) electrons. The molecule has 1 unspecified atom stereocenters. The summed E-state index contributed by atoms with van der Waals surface area (Å²) in [6, 6.07) is 6.58. The molecule has 1 atom stereocenters. The molecule has 1 rings (SSSR count). The highest BCUT2D eigenvalue weighted by Gasteiger charge is 2.09. The Kier molecular flexibility index (Phi) is 6.65. The van der Waals surface area contributed by atoms with E-state index in [-0.39, 0.29) is 11.9 Å². The zero-order valence-corrected chi connectivity index (χ0v) is 12.6. The molecule has 0 N–H and O–H groups in total. The van der Waals surface area contributed by atoms with Gasteiger partial charge in [-0.25, -0.2) is 4.39 Å². The van der Waals surface area contributed by atoms with Crippen LogP contribution in [0.4, 0.5) is 4.39 Å². The summed E-state index contributed by atoms with van der Waals surface area (Å²) in [6.07, 6.45) is 0.638.